The smallest absolute Gasteiger partial charge is 0.232 e. The van der Waals surface area contributed by atoms with E-state index in [4.69, 9.17) is 35.8 Å². The van der Waals surface area contributed by atoms with Crippen molar-refractivity contribution in [2.75, 3.05) is 20.8 Å². The second-order valence-corrected chi connectivity index (χ2v) is 9.63. The Morgan fingerprint density at radius 3 is 2.34 bits per heavy atom. The molecule has 0 aliphatic rings. The van der Waals surface area contributed by atoms with Crippen LogP contribution in [0.2, 0.25) is 5.15 Å². The monoisotopic (exact) mass is 596 g/mol. The molecule has 2 unspecified atom stereocenters. The third-order valence-electron chi connectivity index (χ3n) is 5.90. The first kappa shape index (κ1) is 28.3. The molecular formula is C26H25ClN8O5S. The van der Waals surface area contributed by atoms with Gasteiger partial charge in [0.15, 0.2) is 28.1 Å². The summed E-state index contributed by atoms with van der Waals surface area (Å²) in [6.45, 7) is 4.11. The number of aromatic nitrogens is 7. The van der Waals surface area contributed by atoms with Crippen LogP contribution in [0.15, 0.2) is 48.8 Å². The van der Waals surface area contributed by atoms with Crippen LogP contribution in [-0.4, -0.2) is 64.1 Å². The third kappa shape index (κ3) is 5.67. The molecule has 2 N–H and O–H groups in total. The van der Waals surface area contributed by atoms with Gasteiger partial charge in [-0.2, -0.15) is 4.72 Å². The molecule has 0 aliphatic carbocycles. The van der Waals surface area contributed by atoms with E-state index >= 15 is 0 Å². The first-order valence-corrected chi connectivity index (χ1v) is 13.8. The Balaban J connectivity index is 1.84. The summed E-state index contributed by atoms with van der Waals surface area (Å²) in [6, 6.07) is 9.53. The maximum atomic E-state index is 11.9. The molecule has 4 aromatic heterocycles. The summed E-state index contributed by atoms with van der Waals surface area (Å²) in [5, 5.41) is -0.0659. The average Bonchev–Trinajstić information content (AvgIpc) is 3.33. The molecule has 0 radical (unpaired) electrons. The Bertz CT molecular complexity index is 1710. The number of halogens is 1. The number of para-hydroxylation sites is 1. The molecule has 1 aromatic carbocycles. The van der Waals surface area contributed by atoms with Gasteiger partial charge in [0.1, 0.15) is 34.6 Å². The van der Waals surface area contributed by atoms with Gasteiger partial charge in [-0.15, -0.1) is 0 Å². The summed E-state index contributed by atoms with van der Waals surface area (Å²) in [5.41, 5.74) is 2.26. The molecule has 5 rings (SSSR count). The number of rotatable bonds is 10. The number of hydrogen-bond donors (Lipinski definition) is 2. The molecule has 0 spiro atoms. The van der Waals surface area contributed by atoms with Gasteiger partial charge in [-0.1, -0.05) is 23.7 Å². The van der Waals surface area contributed by atoms with Crippen molar-refractivity contribution in [1.82, 2.24) is 39.2 Å². The van der Waals surface area contributed by atoms with Gasteiger partial charge >= 0.3 is 0 Å². The van der Waals surface area contributed by atoms with Crippen LogP contribution < -0.4 is 18.9 Å². The highest BCUT2D eigenvalue weighted by Crippen LogP contribution is 2.38. The molecule has 212 valence electrons. The normalized spacial score (nSPS) is 12.7. The maximum Gasteiger partial charge on any atom is 0.232 e. The molecule has 2 atom stereocenters. The maximum absolute atomic E-state index is 11.9. The van der Waals surface area contributed by atoms with Gasteiger partial charge in [0.05, 0.1) is 20.8 Å². The van der Waals surface area contributed by atoms with Crippen LogP contribution in [0.4, 0.5) is 0 Å². The molecule has 15 heteroatoms. The zero-order valence-corrected chi connectivity index (χ0v) is 24.0. The molecular weight excluding hydrogens is 572 g/mol. The van der Waals surface area contributed by atoms with E-state index in [2.05, 4.69) is 24.7 Å². The summed E-state index contributed by atoms with van der Waals surface area (Å²) in [4.78, 5) is 27.3. The summed E-state index contributed by atoms with van der Waals surface area (Å²) in [6.07, 6.45) is 3.16. The Hall–Kier alpha value is -4.24. The lowest BCUT2D eigenvalue weighted by Crippen LogP contribution is -2.27. The number of nitrogens with one attached hydrogen (secondary N) is 1. The lowest BCUT2D eigenvalue weighted by atomic mass is 10.2. The van der Waals surface area contributed by atoms with E-state index < -0.39 is 17.3 Å². The standard InChI is InChI=1S/C26H25ClN8O5S/c1-5-40-18-11-6-8-15(30-18)25-33-24-26(35(25)21-16(38-3)9-7-10-17(21)39-4)31-19(22(27)32-24)20(34-41(36)37)23-28-12-14(2)13-29-23/h6-13,20,34H,5H2,1-4H3,(H,36,37). The Morgan fingerprint density at radius 1 is 1.02 bits per heavy atom. The first-order valence-electron chi connectivity index (χ1n) is 12.3. The second-order valence-electron chi connectivity index (χ2n) is 8.54. The number of methoxy groups -OCH3 is 2. The molecule has 5 aromatic rings. The molecule has 0 saturated carbocycles. The summed E-state index contributed by atoms with van der Waals surface area (Å²) >= 11 is 4.15. The number of benzene rings is 1. The quantitative estimate of drug-likeness (QED) is 0.225. The summed E-state index contributed by atoms with van der Waals surface area (Å²) in [7, 11) is 3.06. The number of imidazole rings is 1. The van der Waals surface area contributed by atoms with Crippen molar-refractivity contribution in [2.24, 2.45) is 0 Å². The van der Waals surface area contributed by atoms with Gasteiger partial charge in [-0.3, -0.25) is 9.12 Å². The zero-order valence-electron chi connectivity index (χ0n) is 22.4. The molecule has 13 nitrogen and oxygen atoms in total. The molecule has 0 amide bonds. The first-order chi connectivity index (χ1) is 19.8. The molecule has 0 bridgehead atoms. The third-order valence-corrected chi connectivity index (χ3v) is 6.61. The van der Waals surface area contributed by atoms with E-state index in [1.807, 2.05) is 13.8 Å². The van der Waals surface area contributed by atoms with Gasteiger partial charge in [0.2, 0.25) is 17.1 Å². The largest absolute Gasteiger partial charge is 0.494 e. The fourth-order valence-corrected chi connectivity index (χ4v) is 4.81. The Morgan fingerprint density at radius 2 is 1.71 bits per heavy atom. The Labute approximate surface area is 242 Å². The summed E-state index contributed by atoms with van der Waals surface area (Å²) in [5.74, 6) is 1.83. The van der Waals surface area contributed by atoms with Gasteiger partial charge < -0.3 is 14.2 Å². The van der Waals surface area contributed by atoms with Crippen molar-refractivity contribution in [3.63, 3.8) is 0 Å². The van der Waals surface area contributed by atoms with E-state index in [9.17, 15) is 8.76 Å². The van der Waals surface area contributed by atoms with E-state index in [-0.39, 0.29) is 28.0 Å². The highest BCUT2D eigenvalue weighted by atomic mass is 35.5. The van der Waals surface area contributed by atoms with Crippen molar-refractivity contribution in [2.45, 2.75) is 19.9 Å². The lowest BCUT2D eigenvalue weighted by Gasteiger charge is -2.18. The minimum Gasteiger partial charge on any atom is -0.494 e. The van der Waals surface area contributed by atoms with Crippen LogP contribution >= 0.6 is 11.6 Å². The van der Waals surface area contributed by atoms with Crippen LogP contribution in [0.5, 0.6) is 17.4 Å². The van der Waals surface area contributed by atoms with Crippen molar-refractivity contribution >= 4 is 34.2 Å². The van der Waals surface area contributed by atoms with E-state index in [0.29, 0.717) is 41.2 Å². The molecule has 41 heavy (non-hydrogen) atoms. The van der Waals surface area contributed by atoms with Crippen molar-refractivity contribution in [1.29, 1.82) is 0 Å². The fraction of sp³-hybridized carbons (Fsp3) is 0.231. The number of fused-ring (bicyclic) bond motifs is 1. The van der Waals surface area contributed by atoms with Gasteiger partial charge in [0, 0.05) is 18.5 Å². The molecule has 0 aliphatic heterocycles. The van der Waals surface area contributed by atoms with Crippen LogP contribution in [0, 0.1) is 6.92 Å². The van der Waals surface area contributed by atoms with E-state index in [0.717, 1.165) is 5.56 Å². The predicted octanol–water partition coefficient (Wildman–Crippen LogP) is 3.86. The van der Waals surface area contributed by atoms with Crippen LogP contribution in [0.3, 0.4) is 0 Å². The van der Waals surface area contributed by atoms with Gasteiger partial charge in [0.25, 0.3) is 0 Å². The van der Waals surface area contributed by atoms with Gasteiger partial charge in [-0.05, 0) is 37.6 Å². The molecule has 4 heterocycles. The van der Waals surface area contributed by atoms with Crippen molar-refractivity contribution < 1.29 is 23.0 Å². The summed E-state index contributed by atoms with van der Waals surface area (Å²) < 4.78 is 42.8. The van der Waals surface area contributed by atoms with Crippen LogP contribution in [0.25, 0.3) is 28.5 Å². The van der Waals surface area contributed by atoms with E-state index in [1.165, 1.54) is 14.2 Å². The SMILES string of the molecule is CCOc1cccc(-c2nc3nc(Cl)c(C(NS(=O)O)c4ncc(C)cn4)nc3n2-c2c(OC)cccc2OC)n1. The van der Waals surface area contributed by atoms with Crippen molar-refractivity contribution in [3.05, 3.63) is 71.0 Å². The minimum atomic E-state index is -2.47. The molecule has 0 fully saturated rings. The molecule has 0 saturated heterocycles. The number of hydrogen-bond acceptors (Lipinski definition) is 10. The van der Waals surface area contributed by atoms with Crippen LogP contribution in [-0.2, 0) is 11.3 Å². The second kappa shape index (κ2) is 12.1. The van der Waals surface area contributed by atoms with Crippen molar-refractivity contribution in [3.8, 4) is 34.6 Å². The number of nitrogens with zero attached hydrogens (tertiary/aromatic N) is 7. The predicted molar refractivity (Wildman–Crippen MR) is 152 cm³/mol. The topological polar surface area (TPSA) is 159 Å². The highest BCUT2D eigenvalue weighted by molar-refractivity contribution is 7.77. The van der Waals surface area contributed by atoms with Crippen LogP contribution in [0.1, 0.15) is 30.0 Å². The van der Waals surface area contributed by atoms with E-state index in [1.54, 1.807) is 53.4 Å². The number of aryl methyl sites for hydroxylation is 1. The average molecular weight is 597 g/mol. The lowest BCUT2D eigenvalue weighted by molar-refractivity contribution is 0.327. The zero-order chi connectivity index (χ0) is 29.1. The number of pyridine rings is 1. The highest BCUT2D eigenvalue weighted by Gasteiger charge is 2.29. The van der Waals surface area contributed by atoms with Gasteiger partial charge in [-0.25, -0.2) is 34.1 Å². The fourth-order valence-electron chi connectivity index (χ4n) is 4.16. The minimum absolute atomic E-state index is 0.0659. The number of ether oxygens (including phenoxy) is 3. The Kier molecular flexibility index (Phi) is 8.35.